The first-order chi connectivity index (χ1) is 19.2. The second-order valence-corrected chi connectivity index (χ2v) is 11.9. The normalized spacial score (nSPS) is 14.2. The van der Waals surface area contributed by atoms with E-state index in [1.165, 1.54) is 11.3 Å². The summed E-state index contributed by atoms with van der Waals surface area (Å²) in [5.41, 5.74) is 4.12. The van der Waals surface area contributed by atoms with Crippen LogP contribution in [0.5, 0.6) is 0 Å². The molecule has 1 aliphatic heterocycles. The lowest BCUT2D eigenvalue weighted by Gasteiger charge is -2.26. The molecule has 3 amide bonds. The number of urea groups is 1. The van der Waals surface area contributed by atoms with Crippen molar-refractivity contribution in [3.05, 3.63) is 76.2 Å². The van der Waals surface area contributed by atoms with Gasteiger partial charge in [-0.25, -0.2) is 4.79 Å². The molecule has 1 fully saturated rings. The number of ether oxygens (including phenoxy) is 1. The summed E-state index contributed by atoms with van der Waals surface area (Å²) in [6.07, 6.45) is 1.92. The van der Waals surface area contributed by atoms with E-state index in [4.69, 9.17) is 9.72 Å². The van der Waals surface area contributed by atoms with Crippen LogP contribution in [0.1, 0.15) is 41.0 Å². The van der Waals surface area contributed by atoms with E-state index in [1.54, 1.807) is 7.05 Å². The summed E-state index contributed by atoms with van der Waals surface area (Å²) in [6.45, 7) is 10.4. The summed E-state index contributed by atoms with van der Waals surface area (Å²) in [4.78, 5) is 34.2. The van der Waals surface area contributed by atoms with Crippen molar-refractivity contribution >= 4 is 45.4 Å². The zero-order valence-electron chi connectivity index (χ0n) is 23.3. The monoisotopic (exact) mass is 557 g/mol. The maximum atomic E-state index is 13.1. The Balaban J connectivity index is 1.37. The summed E-state index contributed by atoms with van der Waals surface area (Å²) < 4.78 is 5.44. The van der Waals surface area contributed by atoms with E-state index in [9.17, 15) is 9.59 Å². The van der Waals surface area contributed by atoms with Gasteiger partial charge in [-0.2, -0.15) is 0 Å². The van der Waals surface area contributed by atoms with Crippen LogP contribution < -0.4 is 16.0 Å². The first-order valence-electron chi connectivity index (χ1n) is 13.4. The van der Waals surface area contributed by atoms with Crippen molar-refractivity contribution in [2.24, 2.45) is 0 Å². The number of anilines is 2. The Morgan fingerprint density at radius 2 is 1.70 bits per heavy atom. The summed E-state index contributed by atoms with van der Waals surface area (Å²) in [6, 6.07) is 17.6. The first kappa shape index (κ1) is 27.8. The van der Waals surface area contributed by atoms with Crippen LogP contribution in [-0.4, -0.2) is 55.2 Å². The quantitative estimate of drug-likeness (QED) is 0.266. The number of fused-ring (bicyclic) bond motifs is 1. The third kappa shape index (κ3) is 6.17. The Morgan fingerprint density at radius 1 is 0.975 bits per heavy atom. The molecule has 0 radical (unpaired) electrons. The van der Waals surface area contributed by atoms with Crippen molar-refractivity contribution in [1.29, 1.82) is 0 Å². The number of pyridine rings is 1. The number of rotatable bonds is 6. The third-order valence-electron chi connectivity index (χ3n) is 6.95. The maximum Gasteiger partial charge on any atom is 0.323 e. The zero-order chi connectivity index (χ0) is 28.3. The van der Waals surface area contributed by atoms with Crippen LogP contribution in [0.15, 0.2) is 60.8 Å². The molecule has 0 saturated carbocycles. The number of nitrogens with zero attached hydrogens (tertiary/aromatic N) is 2. The van der Waals surface area contributed by atoms with Gasteiger partial charge in [0, 0.05) is 48.7 Å². The molecule has 2 aromatic heterocycles. The average molecular weight is 558 g/mol. The molecule has 0 unspecified atom stereocenters. The van der Waals surface area contributed by atoms with E-state index in [2.05, 4.69) is 53.8 Å². The smallest absolute Gasteiger partial charge is 0.323 e. The minimum atomic E-state index is -0.407. The average Bonchev–Trinajstić information content (AvgIpc) is 3.38. The van der Waals surface area contributed by atoms with Gasteiger partial charge in [-0.1, -0.05) is 57.2 Å². The van der Waals surface area contributed by atoms with Crippen LogP contribution in [0.4, 0.5) is 16.2 Å². The molecule has 0 bridgehead atoms. The van der Waals surface area contributed by atoms with E-state index in [0.29, 0.717) is 16.3 Å². The Hall–Kier alpha value is -3.79. The highest BCUT2D eigenvalue weighted by atomic mass is 32.1. The number of amides is 3. The van der Waals surface area contributed by atoms with Gasteiger partial charge in [-0.15, -0.1) is 11.3 Å². The molecule has 0 spiro atoms. The van der Waals surface area contributed by atoms with Crippen molar-refractivity contribution < 1.29 is 14.3 Å². The molecule has 4 aromatic rings. The second kappa shape index (κ2) is 11.8. The van der Waals surface area contributed by atoms with E-state index in [1.807, 2.05) is 48.7 Å². The lowest BCUT2D eigenvalue weighted by molar-refractivity contribution is 0.0336. The van der Waals surface area contributed by atoms with Gasteiger partial charge in [0.2, 0.25) is 0 Å². The van der Waals surface area contributed by atoms with Crippen LogP contribution in [0.2, 0.25) is 0 Å². The number of hydrogen-bond donors (Lipinski definition) is 3. The van der Waals surface area contributed by atoms with E-state index in [-0.39, 0.29) is 11.3 Å². The number of carbonyl (C=O) groups excluding carboxylic acids is 2. The van der Waals surface area contributed by atoms with E-state index >= 15 is 0 Å². The molecular formula is C31H35N5O3S. The maximum absolute atomic E-state index is 13.1. The van der Waals surface area contributed by atoms with Crippen LogP contribution >= 0.6 is 11.3 Å². The summed E-state index contributed by atoms with van der Waals surface area (Å²) >= 11 is 1.39. The van der Waals surface area contributed by atoms with Crippen molar-refractivity contribution in [2.75, 3.05) is 44.0 Å². The van der Waals surface area contributed by atoms with Gasteiger partial charge >= 0.3 is 6.03 Å². The lowest BCUT2D eigenvalue weighted by atomic mass is 9.94. The number of aromatic nitrogens is 1. The van der Waals surface area contributed by atoms with Crippen molar-refractivity contribution in [1.82, 2.24) is 15.2 Å². The molecule has 3 heterocycles. The summed E-state index contributed by atoms with van der Waals surface area (Å²) in [7, 11) is 1.59. The Kier molecular flexibility index (Phi) is 8.16. The SMILES string of the molecule is CNC(=O)c1sc(C(C)(C)C)cc1NC(=O)Nc1ccc(-c2ccc(CN3CCOCC3)nc2)c2ccccc12. The molecule has 8 nitrogen and oxygen atoms in total. The van der Waals surface area contributed by atoms with E-state index in [0.717, 1.165) is 65.3 Å². The van der Waals surface area contributed by atoms with Gasteiger partial charge in [-0.05, 0) is 34.6 Å². The molecule has 208 valence electrons. The second-order valence-electron chi connectivity index (χ2n) is 10.9. The summed E-state index contributed by atoms with van der Waals surface area (Å²) in [5, 5.41) is 10.5. The fourth-order valence-corrected chi connectivity index (χ4v) is 5.85. The van der Waals surface area contributed by atoms with Gasteiger partial charge in [-0.3, -0.25) is 14.7 Å². The Morgan fingerprint density at radius 3 is 2.38 bits per heavy atom. The third-order valence-corrected chi connectivity index (χ3v) is 8.51. The highest BCUT2D eigenvalue weighted by molar-refractivity contribution is 7.14. The molecule has 9 heteroatoms. The van der Waals surface area contributed by atoms with Gasteiger partial charge in [0.1, 0.15) is 4.88 Å². The highest BCUT2D eigenvalue weighted by Gasteiger charge is 2.24. The minimum Gasteiger partial charge on any atom is -0.379 e. The van der Waals surface area contributed by atoms with Gasteiger partial charge < -0.3 is 20.7 Å². The Bertz CT molecular complexity index is 1520. The Labute approximate surface area is 238 Å². The van der Waals surface area contributed by atoms with Crippen molar-refractivity contribution in [3.8, 4) is 11.1 Å². The van der Waals surface area contributed by atoms with Crippen LogP contribution in [0.3, 0.4) is 0 Å². The molecule has 2 aromatic carbocycles. The highest BCUT2D eigenvalue weighted by Crippen LogP contribution is 2.36. The molecule has 0 aliphatic carbocycles. The van der Waals surface area contributed by atoms with Gasteiger partial charge in [0.25, 0.3) is 5.91 Å². The number of nitrogens with one attached hydrogen (secondary N) is 3. The molecule has 1 aliphatic rings. The van der Waals surface area contributed by atoms with Crippen molar-refractivity contribution in [2.45, 2.75) is 32.7 Å². The number of benzene rings is 2. The van der Waals surface area contributed by atoms with E-state index < -0.39 is 6.03 Å². The molecular weight excluding hydrogens is 522 g/mol. The largest absolute Gasteiger partial charge is 0.379 e. The number of hydrogen-bond acceptors (Lipinski definition) is 6. The van der Waals surface area contributed by atoms with Crippen LogP contribution in [0.25, 0.3) is 21.9 Å². The zero-order valence-corrected chi connectivity index (χ0v) is 24.2. The number of morpholine rings is 1. The predicted octanol–water partition coefficient (Wildman–Crippen LogP) is 6.10. The fraction of sp³-hybridized carbons (Fsp3) is 0.323. The number of carbonyl (C=O) groups is 2. The van der Waals surface area contributed by atoms with Gasteiger partial charge in [0.15, 0.2) is 0 Å². The predicted molar refractivity (Wildman–Crippen MR) is 162 cm³/mol. The van der Waals surface area contributed by atoms with Gasteiger partial charge in [0.05, 0.1) is 30.3 Å². The fourth-order valence-electron chi connectivity index (χ4n) is 4.74. The topological polar surface area (TPSA) is 95.6 Å². The summed E-state index contributed by atoms with van der Waals surface area (Å²) in [5.74, 6) is -0.227. The molecule has 40 heavy (non-hydrogen) atoms. The minimum absolute atomic E-state index is 0.147. The van der Waals surface area contributed by atoms with Crippen molar-refractivity contribution in [3.63, 3.8) is 0 Å². The first-order valence-corrected chi connectivity index (χ1v) is 14.3. The van der Waals surface area contributed by atoms with Crippen LogP contribution in [0, 0.1) is 0 Å². The molecule has 1 saturated heterocycles. The molecule has 0 atom stereocenters. The van der Waals surface area contributed by atoms with Crippen LogP contribution in [-0.2, 0) is 16.7 Å². The lowest BCUT2D eigenvalue weighted by Crippen LogP contribution is -2.35. The molecule has 3 N–H and O–H groups in total. The number of thiophene rings is 1. The molecule has 5 rings (SSSR count). The standard InChI is InChI=1S/C31H35N5O3S/c1-31(2,3)27-17-26(28(40-27)29(37)32-4)35-30(38)34-25-12-11-22(23-7-5-6-8-24(23)25)20-9-10-21(33-18-20)19-36-13-15-39-16-14-36/h5-12,17-18H,13-16,19H2,1-4H3,(H,32,37)(H2,34,35,38).